The van der Waals surface area contributed by atoms with E-state index in [4.69, 9.17) is 9.15 Å². The van der Waals surface area contributed by atoms with Gasteiger partial charge in [0.15, 0.2) is 0 Å². The first-order valence-electron chi connectivity index (χ1n) is 22.9. The molecule has 3 atom stereocenters. The molecular weight excluding hydrogens is 803 g/mol. The highest BCUT2D eigenvalue weighted by Gasteiger charge is 2.57. The third-order valence-electron chi connectivity index (χ3n) is 14.5. The standard InChI is InChI=1S/C63H41NO2/c1-2-13-40(14-3-1)44-17-12-18-47(37-44)64(48-32-36-60-54(39-48)52-22-9-11-24-59(52)65-60)46-30-25-41(26-31-46)45-29-33-56-53(38-45)51-21-8-10-23-55(51)63(56)57-34-27-42-15-4-6-19-49(42)61(57)66-62-50-20-7-5-16-43(50)28-35-58(62)63/h1-39,57,61H. The van der Waals surface area contributed by atoms with Crippen LogP contribution >= 0.6 is 0 Å². The molecule has 0 saturated heterocycles. The predicted molar refractivity (Wildman–Crippen MR) is 271 cm³/mol. The third-order valence-corrected chi connectivity index (χ3v) is 14.5. The minimum absolute atomic E-state index is 0.0410. The van der Waals surface area contributed by atoms with Gasteiger partial charge in [0.05, 0.1) is 5.41 Å². The van der Waals surface area contributed by atoms with Crippen molar-refractivity contribution in [2.45, 2.75) is 11.5 Å². The summed E-state index contributed by atoms with van der Waals surface area (Å²) in [5.74, 6) is 1.03. The number of furan rings is 1. The van der Waals surface area contributed by atoms with Crippen molar-refractivity contribution in [2.75, 3.05) is 4.90 Å². The Morgan fingerprint density at radius 3 is 2.00 bits per heavy atom. The van der Waals surface area contributed by atoms with Crippen LogP contribution < -0.4 is 9.64 Å². The summed E-state index contributed by atoms with van der Waals surface area (Å²) in [6.45, 7) is 0. The van der Waals surface area contributed by atoms with Crippen LogP contribution in [-0.4, -0.2) is 0 Å². The number of hydrogen-bond donors (Lipinski definition) is 0. The van der Waals surface area contributed by atoms with Crippen molar-refractivity contribution in [1.29, 1.82) is 0 Å². The number of hydrogen-bond acceptors (Lipinski definition) is 3. The summed E-state index contributed by atoms with van der Waals surface area (Å²) in [5.41, 5.74) is 18.1. The van der Waals surface area contributed by atoms with Crippen molar-refractivity contribution in [3.05, 3.63) is 258 Å². The molecule has 2 heterocycles. The molecule has 1 spiro atoms. The molecular formula is C63H41NO2. The lowest BCUT2D eigenvalue weighted by Crippen LogP contribution is -2.45. The molecule has 310 valence electrons. The Bertz CT molecular complexity index is 3770. The fraction of sp³-hybridized carbons (Fsp3) is 0.0476. The van der Waals surface area contributed by atoms with E-state index < -0.39 is 5.41 Å². The molecule has 0 N–H and O–H groups in total. The minimum atomic E-state index is -0.461. The van der Waals surface area contributed by atoms with Crippen molar-refractivity contribution in [3.63, 3.8) is 0 Å². The SMILES string of the molecule is C1=CC2C(Oc3c(ccc4ccccc34)C23c2ccccc2-c2cc(-c4ccc(N(c5cccc(-c6ccccc6)c5)c5ccc6oc7ccccc7c6c5)cc4)ccc23)c2ccccc21. The second kappa shape index (κ2) is 14.3. The van der Waals surface area contributed by atoms with Crippen molar-refractivity contribution in [3.8, 4) is 39.1 Å². The highest BCUT2D eigenvalue weighted by atomic mass is 16.5. The topological polar surface area (TPSA) is 25.6 Å². The average molecular weight is 844 g/mol. The lowest BCUT2D eigenvalue weighted by Gasteiger charge is -2.49. The summed E-state index contributed by atoms with van der Waals surface area (Å²) in [6.07, 6.45) is 4.60. The molecule has 3 aliphatic rings. The number of anilines is 3. The van der Waals surface area contributed by atoms with Gasteiger partial charge in [-0.2, -0.15) is 0 Å². The summed E-state index contributed by atoms with van der Waals surface area (Å²) in [5, 5.41) is 4.55. The van der Waals surface area contributed by atoms with E-state index in [-0.39, 0.29) is 12.0 Å². The summed E-state index contributed by atoms with van der Waals surface area (Å²) in [4.78, 5) is 2.36. The molecule has 11 aromatic rings. The second-order valence-electron chi connectivity index (χ2n) is 17.9. The maximum Gasteiger partial charge on any atom is 0.135 e. The molecule has 10 aromatic carbocycles. The molecule has 14 rings (SSSR count). The summed E-state index contributed by atoms with van der Waals surface area (Å²) >= 11 is 0. The Hall–Kier alpha value is -8.40. The molecule has 2 aliphatic carbocycles. The second-order valence-corrected chi connectivity index (χ2v) is 17.9. The average Bonchev–Trinajstić information content (AvgIpc) is 3.90. The number of para-hydroxylation sites is 1. The Kier molecular flexibility index (Phi) is 8.02. The number of ether oxygens (including phenoxy) is 1. The highest BCUT2D eigenvalue weighted by molar-refractivity contribution is 6.06. The lowest BCUT2D eigenvalue weighted by molar-refractivity contribution is 0.105. The van der Waals surface area contributed by atoms with Gasteiger partial charge in [-0.3, -0.25) is 0 Å². The van der Waals surface area contributed by atoms with Crippen molar-refractivity contribution >= 4 is 55.8 Å². The molecule has 1 aromatic heterocycles. The maximum atomic E-state index is 7.28. The van der Waals surface area contributed by atoms with E-state index in [0.717, 1.165) is 55.7 Å². The molecule has 0 radical (unpaired) electrons. The molecule has 0 saturated carbocycles. The fourth-order valence-corrected chi connectivity index (χ4v) is 11.6. The lowest BCUT2D eigenvalue weighted by atomic mass is 9.58. The molecule has 0 amide bonds. The van der Waals surface area contributed by atoms with E-state index in [1.165, 1.54) is 61.0 Å². The van der Waals surface area contributed by atoms with Crippen molar-refractivity contribution < 1.29 is 9.15 Å². The van der Waals surface area contributed by atoms with Gasteiger partial charge in [0.1, 0.15) is 23.0 Å². The Labute approximate surface area is 383 Å². The van der Waals surface area contributed by atoms with Gasteiger partial charge in [0, 0.05) is 50.3 Å². The summed E-state index contributed by atoms with van der Waals surface area (Å²) < 4.78 is 13.6. The van der Waals surface area contributed by atoms with Gasteiger partial charge in [-0.25, -0.2) is 0 Å². The van der Waals surface area contributed by atoms with Gasteiger partial charge in [0.25, 0.3) is 0 Å². The van der Waals surface area contributed by atoms with Crippen molar-refractivity contribution in [2.24, 2.45) is 5.92 Å². The van der Waals surface area contributed by atoms with E-state index in [1.807, 2.05) is 12.1 Å². The number of fused-ring (bicyclic) bond motifs is 16. The number of rotatable bonds is 5. The maximum absolute atomic E-state index is 7.28. The Morgan fingerprint density at radius 1 is 0.409 bits per heavy atom. The smallest absolute Gasteiger partial charge is 0.135 e. The van der Waals surface area contributed by atoms with Gasteiger partial charge in [-0.05, 0) is 110 Å². The van der Waals surface area contributed by atoms with Crippen LogP contribution in [-0.2, 0) is 5.41 Å². The Balaban J connectivity index is 0.913. The zero-order valence-electron chi connectivity index (χ0n) is 35.9. The van der Waals surface area contributed by atoms with Crippen LogP contribution in [0.3, 0.4) is 0 Å². The molecule has 0 fully saturated rings. The van der Waals surface area contributed by atoms with Crippen molar-refractivity contribution in [1.82, 2.24) is 0 Å². The molecule has 66 heavy (non-hydrogen) atoms. The van der Waals surface area contributed by atoms with Crippen LogP contribution in [0.2, 0.25) is 0 Å². The van der Waals surface area contributed by atoms with E-state index in [1.54, 1.807) is 0 Å². The zero-order chi connectivity index (χ0) is 43.3. The predicted octanol–water partition coefficient (Wildman–Crippen LogP) is 16.6. The Morgan fingerprint density at radius 2 is 1.08 bits per heavy atom. The summed E-state index contributed by atoms with van der Waals surface area (Å²) in [7, 11) is 0. The first-order valence-corrected chi connectivity index (χ1v) is 22.9. The third kappa shape index (κ3) is 5.38. The normalized spacial score (nSPS) is 17.5. The van der Waals surface area contributed by atoms with Crippen LogP contribution in [0.5, 0.6) is 5.75 Å². The first-order chi connectivity index (χ1) is 32.7. The van der Waals surface area contributed by atoms with Crippen LogP contribution in [0, 0.1) is 5.92 Å². The van der Waals surface area contributed by atoms with Gasteiger partial charge in [-0.15, -0.1) is 0 Å². The van der Waals surface area contributed by atoms with E-state index in [0.29, 0.717) is 0 Å². The summed E-state index contributed by atoms with van der Waals surface area (Å²) in [6, 6.07) is 81.7. The van der Waals surface area contributed by atoms with Gasteiger partial charge < -0.3 is 14.1 Å². The van der Waals surface area contributed by atoms with E-state index in [9.17, 15) is 0 Å². The molecule has 1 aliphatic heterocycles. The van der Waals surface area contributed by atoms with Gasteiger partial charge >= 0.3 is 0 Å². The molecule has 0 bridgehead atoms. The van der Waals surface area contributed by atoms with Gasteiger partial charge in [-0.1, -0.05) is 182 Å². The quantitative estimate of drug-likeness (QED) is 0.173. The number of benzene rings is 10. The first kappa shape index (κ1) is 37.0. The van der Waals surface area contributed by atoms with Crippen LogP contribution in [0.15, 0.2) is 235 Å². The minimum Gasteiger partial charge on any atom is -0.484 e. The van der Waals surface area contributed by atoms with E-state index in [2.05, 4.69) is 229 Å². The number of nitrogens with zero attached hydrogens (tertiary/aromatic N) is 1. The zero-order valence-corrected chi connectivity index (χ0v) is 35.9. The fourth-order valence-electron chi connectivity index (χ4n) is 11.6. The monoisotopic (exact) mass is 843 g/mol. The largest absolute Gasteiger partial charge is 0.484 e. The highest BCUT2D eigenvalue weighted by Crippen LogP contribution is 2.65. The van der Waals surface area contributed by atoms with Gasteiger partial charge in [0.2, 0.25) is 0 Å². The molecule has 3 unspecified atom stereocenters. The van der Waals surface area contributed by atoms with Crippen LogP contribution in [0.1, 0.15) is 33.9 Å². The molecule has 3 nitrogen and oxygen atoms in total. The van der Waals surface area contributed by atoms with E-state index >= 15 is 0 Å². The molecule has 3 heteroatoms. The van der Waals surface area contributed by atoms with Crippen LogP contribution in [0.25, 0.3) is 72.2 Å². The van der Waals surface area contributed by atoms with Crippen LogP contribution in [0.4, 0.5) is 17.1 Å².